The van der Waals surface area contributed by atoms with E-state index in [0.717, 1.165) is 25.9 Å². The Hall–Kier alpha value is -2.94. The SMILES string of the molecule is O=C(NCC1CC2(CCNCC2)C(=O)O1)c1c[nH]c2cc([N+](=O)[O-])ccc12. The average Bonchev–Trinajstić information content (AvgIpc) is 3.21. The Bertz CT molecular complexity index is 916. The standard InChI is InChI=1S/C18H20N4O5/c23-16(14-10-20-15-7-11(22(25)26)1-2-13(14)15)21-9-12-8-18(17(24)27-12)3-5-19-6-4-18/h1-2,7,10,12,19-20H,3-6,8-9H2,(H,21,23). The predicted octanol–water partition coefficient (Wildman–Crippen LogP) is 1.49. The predicted molar refractivity (Wildman–Crippen MR) is 96.3 cm³/mol. The number of H-pyrrole nitrogens is 1. The van der Waals surface area contributed by atoms with Gasteiger partial charge in [-0.15, -0.1) is 0 Å². The van der Waals surface area contributed by atoms with Gasteiger partial charge in [0.15, 0.2) is 0 Å². The molecule has 3 heterocycles. The largest absolute Gasteiger partial charge is 0.460 e. The number of nitro benzene ring substituents is 1. The van der Waals surface area contributed by atoms with Crippen LogP contribution in [0.2, 0.25) is 0 Å². The summed E-state index contributed by atoms with van der Waals surface area (Å²) >= 11 is 0. The van der Waals surface area contributed by atoms with Gasteiger partial charge in [0.2, 0.25) is 0 Å². The number of benzene rings is 1. The highest BCUT2D eigenvalue weighted by Gasteiger charge is 2.49. The Balaban J connectivity index is 1.42. The van der Waals surface area contributed by atoms with Crippen LogP contribution in [0.15, 0.2) is 24.4 Å². The number of aromatic amines is 1. The second-order valence-corrected chi connectivity index (χ2v) is 7.16. The van der Waals surface area contributed by atoms with Crippen LogP contribution >= 0.6 is 0 Å². The summed E-state index contributed by atoms with van der Waals surface area (Å²) in [7, 11) is 0. The molecule has 2 saturated heterocycles. The van der Waals surface area contributed by atoms with Crippen molar-refractivity contribution < 1.29 is 19.2 Å². The van der Waals surface area contributed by atoms with Crippen LogP contribution in [0.5, 0.6) is 0 Å². The van der Waals surface area contributed by atoms with Crippen molar-refractivity contribution >= 4 is 28.5 Å². The van der Waals surface area contributed by atoms with Gasteiger partial charge in [0, 0.05) is 30.1 Å². The number of hydrogen-bond donors (Lipinski definition) is 3. The maximum absolute atomic E-state index is 12.5. The number of esters is 1. The van der Waals surface area contributed by atoms with E-state index >= 15 is 0 Å². The van der Waals surface area contributed by atoms with Gasteiger partial charge >= 0.3 is 5.97 Å². The van der Waals surface area contributed by atoms with Crippen LogP contribution in [-0.2, 0) is 9.53 Å². The van der Waals surface area contributed by atoms with Crippen molar-refractivity contribution in [3.05, 3.63) is 40.1 Å². The van der Waals surface area contributed by atoms with Crippen molar-refractivity contribution in [1.29, 1.82) is 0 Å². The van der Waals surface area contributed by atoms with Gasteiger partial charge in [0.1, 0.15) is 6.10 Å². The van der Waals surface area contributed by atoms with Crippen LogP contribution in [-0.4, -0.2) is 47.5 Å². The molecule has 0 bridgehead atoms. The highest BCUT2D eigenvalue weighted by atomic mass is 16.6. The fraction of sp³-hybridized carbons (Fsp3) is 0.444. The van der Waals surface area contributed by atoms with Gasteiger partial charge in [0.25, 0.3) is 11.6 Å². The molecule has 4 rings (SSSR count). The van der Waals surface area contributed by atoms with Crippen molar-refractivity contribution in [3.8, 4) is 0 Å². The Kier molecular flexibility index (Phi) is 4.31. The summed E-state index contributed by atoms with van der Waals surface area (Å²) in [5.74, 6) is -0.472. The Morgan fingerprint density at radius 2 is 2.15 bits per heavy atom. The molecular formula is C18H20N4O5. The average molecular weight is 372 g/mol. The Labute approximate surface area is 154 Å². The fourth-order valence-electron chi connectivity index (χ4n) is 3.98. The summed E-state index contributed by atoms with van der Waals surface area (Å²) < 4.78 is 5.49. The normalized spacial score (nSPS) is 21.3. The number of nitrogens with one attached hydrogen (secondary N) is 3. The number of carbonyl (C=O) groups excluding carboxylic acids is 2. The zero-order chi connectivity index (χ0) is 19.0. The maximum atomic E-state index is 12.5. The van der Waals surface area contributed by atoms with Crippen molar-refractivity contribution in [2.75, 3.05) is 19.6 Å². The topological polar surface area (TPSA) is 126 Å². The lowest BCUT2D eigenvalue weighted by Gasteiger charge is -2.29. The molecule has 9 nitrogen and oxygen atoms in total. The van der Waals surface area contributed by atoms with E-state index in [2.05, 4.69) is 15.6 Å². The van der Waals surface area contributed by atoms with Crippen molar-refractivity contribution in [3.63, 3.8) is 0 Å². The summed E-state index contributed by atoms with van der Waals surface area (Å²) in [6.07, 6.45) is 3.34. The van der Waals surface area contributed by atoms with E-state index in [-0.39, 0.29) is 30.2 Å². The Morgan fingerprint density at radius 1 is 1.37 bits per heavy atom. The zero-order valence-electron chi connectivity index (χ0n) is 14.6. The minimum atomic E-state index is -0.481. The van der Waals surface area contributed by atoms with E-state index in [4.69, 9.17) is 4.74 Å². The quantitative estimate of drug-likeness (QED) is 0.424. The smallest absolute Gasteiger partial charge is 0.312 e. The van der Waals surface area contributed by atoms with Gasteiger partial charge in [-0.2, -0.15) is 0 Å². The molecule has 2 aliphatic heterocycles. The number of piperidine rings is 1. The van der Waals surface area contributed by atoms with Gasteiger partial charge < -0.3 is 20.4 Å². The number of amides is 1. The van der Waals surface area contributed by atoms with Crippen LogP contribution in [0, 0.1) is 15.5 Å². The molecule has 2 aromatic rings. The third-order valence-electron chi connectivity index (χ3n) is 5.50. The molecule has 1 unspecified atom stereocenters. The zero-order valence-corrected chi connectivity index (χ0v) is 14.6. The van der Waals surface area contributed by atoms with E-state index in [1.54, 1.807) is 6.07 Å². The van der Waals surface area contributed by atoms with Gasteiger partial charge in [0.05, 0.1) is 28.0 Å². The number of aromatic nitrogens is 1. The number of nitro groups is 1. The van der Waals surface area contributed by atoms with Crippen molar-refractivity contribution in [2.24, 2.45) is 5.41 Å². The third kappa shape index (κ3) is 3.14. The molecule has 27 heavy (non-hydrogen) atoms. The molecule has 1 aromatic carbocycles. The second-order valence-electron chi connectivity index (χ2n) is 7.16. The molecule has 0 radical (unpaired) electrons. The number of hydrogen-bond acceptors (Lipinski definition) is 6. The molecule has 0 aliphatic carbocycles. The molecule has 1 atom stereocenters. The molecule has 142 valence electrons. The van der Waals surface area contributed by atoms with E-state index < -0.39 is 10.3 Å². The van der Waals surface area contributed by atoms with Gasteiger partial charge in [-0.05, 0) is 32.0 Å². The highest BCUT2D eigenvalue weighted by molar-refractivity contribution is 6.07. The van der Waals surface area contributed by atoms with Crippen molar-refractivity contribution in [1.82, 2.24) is 15.6 Å². The molecule has 2 aliphatic rings. The molecule has 3 N–H and O–H groups in total. The minimum absolute atomic E-state index is 0.0403. The molecule has 1 spiro atoms. The Morgan fingerprint density at radius 3 is 2.89 bits per heavy atom. The maximum Gasteiger partial charge on any atom is 0.312 e. The molecule has 2 fully saturated rings. The first kappa shape index (κ1) is 17.5. The van der Waals surface area contributed by atoms with Crippen LogP contribution in [0.25, 0.3) is 10.9 Å². The number of carbonyl (C=O) groups is 2. The number of cyclic esters (lactones) is 1. The number of non-ortho nitro benzene ring substituents is 1. The van der Waals surface area contributed by atoms with E-state index in [1.165, 1.54) is 18.3 Å². The molecule has 0 saturated carbocycles. The summed E-state index contributed by atoms with van der Waals surface area (Å²) in [4.78, 5) is 38.1. The summed E-state index contributed by atoms with van der Waals surface area (Å²) in [5.41, 5.74) is 0.470. The third-order valence-corrected chi connectivity index (χ3v) is 5.50. The second kappa shape index (κ2) is 6.66. The molecular weight excluding hydrogens is 352 g/mol. The van der Waals surface area contributed by atoms with Crippen LogP contribution in [0.4, 0.5) is 5.69 Å². The number of rotatable bonds is 4. The summed E-state index contributed by atoms with van der Waals surface area (Å²) in [6, 6.07) is 4.32. The lowest BCUT2D eigenvalue weighted by molar-refractivity contribution is -0.384. The monoisotopic (exact) mass is 372 g/mol. The van der Waals surface area contributed by atoms with Crippen molar-refractivity contribution in [2.45, 2.75) is 25.4 Å². The van der Waals surface area contributed by atoms with E-state index in [1.807, 2.05) is 0 Å². The summed E-state index contributed by atoms with van der Waals surface area (Å²) in [5, 5.41) is 17.5. The summed E-state index contributed by atoms with van der Waals surface area (Å²) in [6.45, 7) is 1.85. The molecule has 9 heteroatoms. The lowest BCUT2D eigenvalue weighted by atomic mass is 9.76. The molecule has 1 amide bonds. The lowest BCUT2D eigenvalue weighted by Crippen LogP contribution is -2.39. The van der Waals surface area contributed by atoms with E-state index in [9.17, 15) is 19.7 Å². The van der Waals surface area contributed by atoms with Crippen LogP contribution in [0.3, 0.4) is 0 Å². The van der Waals surface area contributed by atoms with Gasteiger partial charge in [-0.1, -0.05) is 0 Å². The fourth-order valence-corrected chi connectivity index (χ4v) is 3.98. The van der Waals surface area contributed by atoms with Gasteiger partial charge in [-0.25, -0.2) is 0 Å². The first-order valence-electron chi connectivity index (χ1n) is 8.94. The minimum Gasteiger partial charge on any atom is -0.460 e. The first-order valence-corrected chi connectivity index (χ1v) is 8.94. The number of ether oxygens (including phenoxy) is 1. The number of nitrogens with zero attached hydrogens (tertiary/aromatic N) is 1. The van der Waals surface area contributed by atoms with E-state index in [0.29, 0.717) is 22.9 Å². The first-order chi connectivity index (χ1) is 13.0. The van der Waals surface area contributed by atoms with Gasteiger partial charge in [-0.3, -0.25) is 19.7 Å². The highest BCUT2D eigenvalue weighted by Crippen LogP contribution is 2.41. The van der Waals surface area contributed by atoms with Crippen LogP contribution in [0.1, 0.15) is 29.6 Å². The molecule has 1 aromatic heterocycles. The number of fused-ring (bicyclic) bond motifs is 1. The van der Waals surface area contributed by atoms with Crippen LogP contribution < -0.4 is 10.6 Å².